The van der Waals surface area contributed by atoms with Crippen LogP contribution in [0.1, 0.15) is 52.8 Å². The summed E-state index contributed by atoms with van der Waals surface area (Å²) in [4.78, 5) is 20.8. The van der Waals surface area contributed by atoms with E-state index >= 15 is 8.78 Å². The first-order valence-corrected chi connectivity index (χ1v) is 14.0. The summed E-state index contributed by atoms with van der Waals surface area (Å²) < 4.78 is 44.7. The van der Waals surface area contributed by atoms with Crippen LogP contribution in [0.25, 0.3) is 22.3 Å². The Bertz CT molecular complexity index is 1950. The van der Waals surface area contributed by atoms with Gasteiger partial charge in [0.2, 0.25) is 5.88 Å². The van der Waals surface area contributed by atoms with Crippen LogP contribution in [0.4, 0.5) is 8.78 Å². The molecule has 1 aliphatic rings. The van der Waals surface area contributed by atoms with Crippen LogP contribution < -0.4 is 4.74 Å². The van der Waals surface area contributed by atoms with Crippen molar-refractivity contribution in [3.05, 3.63) is 113 Å². The van der Waals surface area contributed by atoms with E-state index in [1.54, 1.807) is 54.6 Å². The van der Waals surface area contributed by atoms with Gasteiger partial charge in [-0.2, -0.15) is 5.26 Å². The molecule has 6 rings (SSSR count). The van der Waals surface area contributed by atoms with Gasteiger partial charge in [0.05, 0.1) is 53.2 Å². The van der Waals surface area contributed by atoms with Crippen LogP contribution in [0.2, 0.25) is 0 Å². The minimum atomic E-state index is -1.07. The molecule has 1 N–H and O–H groups in total. The van der Waals surface area contributed by atoms with Crippen LogP contribution in [0.3, 0.4) is 0 Å². The number of carboxylic acids is 1. The Balaban J connectivity index is 1.32. The Morgan fingerprint density at radius 1 is 1.07 bits per heavy atom. The number of pyridine rings is 1. The van der Waals surface area contributed by atoms with Gasteiger partial charge in [-0.3, -0.25) is 0 Å². The number of hydrogen-bond acceptors (Lipinski definition) is 6. The highest BCUT2D eigenvalue weighted by molar-refractivity contribution is 5.92. The fourth-order valence-electron chi connectivity index (χ4n) is 5.57. The van der Waals surface area contributed by atoms with Gasteiger partial charge in [0.25, 0.3) is 0 Å². The number of fused-ring (bicyclic) bond motifs is 1. The van der Waals surface area contributed by atoms with E-state index in [4.69, 9.17) is 14.5 Å². The number of imidazole rings is 1. The number of nitriles is 1. The first-order valence-electron chi connectivity index (χ1n) is 14.0. The van der Waals surface area contributed by atoms with Crippen LogP contribution in [-0.4, -0.2) is 38.8 Å². The number of nitrogens with zero attached hydrogens (tertiary/aromatic N) is 4. The second kappa shape index (κ2) is 11.5. The summed E-state index contributed by atoms with van der Waals surface area (Å²) in [7, 11) is 0. The molecule has 0 amide bonds. The van der Waals surface area contributed by atoms with Gasteiger partial charge in [0.15, 0.2) is 0 Å². The summed E-state index contributed by atoms with van der Waals surface area (Å²) in [5.74, 6) is -1.69. The lowest BCUT2D eigenvalue weighted by Gasteiger charge is -2.28. The van der Waals surface area contributed by atoms with Gasteiger partial charge in [-0.15, -0.1) is 0 Å². The summed E-state index contributed by atoms with van der Waals surface area (Å²) >= 11 is 0. The number of carboxylic acid groups (broad SMARTS) is 1. The molecule has 0 spiro atoms. The zero-order valence-corrected chi connectivity index (χ0v) is 24.1. The first-order chi connectivity index (χ1) is 21.1. The molecule has 0 bridgehead atoms. The summed E-state index contributed by atoms with van der Waals surface area (Å²) in [6.07, 6.45) is -0.0262. The summed E-state index contributed by atoms with van der Waals surface area (Å²) in [6.45, 7) is 5.05. The molecule has 44 heavy (non-hydrogen) atoms. The molecule has 2 aromatic heterocycles. The fraction of sp³-hybridized carbons (Fsp3) is 0.235. The fourth-order valence-corrected chi connectivity index (χ4v) is 5.57. The first kappa shape index (κ1) is 29.0. The third-order valence-corrected chi connectivity index (χ3v) is 7.97. The molecule has 0 aliphatic carbocycles. The third-order valence-electron chi connectivity index (χ3n) is 7.97. The molecule has 1 saturated heterocycles. The molecule has 5 aromatic rings. The van der Waals surface area contributed by atoms with Gasteiger partial charge < -0.3 is 19.1 Å². The van der Waals surface area contributed by atoms with Crippen LogP contribution in [-0.2, 0) is 17.8 Å². The average molecular weight is 595 g/mol. The van der Waals surface area contributed by atoms with Crippen LogP contribution in [0, 0.1) is 28.4 Å². The van der Waals surface area contributed by atoms with Gasteiger partial charge in [0.1, 0.15) is 24.1 Å². The lowest BCUT2D eigenvalue weighted by molar-refractivity contribution is 0.0697. The predicted molar refractivity (Wildman–Crippen MR) is 158 cm³/mol. The number of carbonyl (C=O) groups is 1. The van der Waals surface area contributed by atoms with E-state index in [2.05, 4.69) is 11.1 Å². The van der Waals surface area contributed by atoms with E-state index in [0.717, 1.165) is 12.1 Å². The predicted octanol–water partition coefficient (Wildman–Crippen LogP) is 6.71. The van der Waals surface area contributed by atoms with E-state index in [1.807, 2.05) is 18.4 Å². The quantitative estimate of drug-likeness (QED) is 0.213. The highest BCUT2D eigenvalue weighted by atomic mass is 19.1. The normalized spacial score (nSPS) is 15.8. The van der Waals surface area contributed by atoms with Gasteiger partial charge in [-0.05, 0) is 48.0 Å². The average Bonchev–Trinajstić information content (AvgIpc) is 3.54. The van der Waals surface area contributed by atoms with E-state index in [-0.39, 0.29) is 52.7 Å². The highest BCUT2D eigenvalue weighted by Gasteiger charge is 2.39. The molecule has 3 aromatic carbocycles. The number of halogens is 2. The van der Waals surface area contributed by atoms with Crippen LogP contribution in [0.15, 0.2) is 72.8 Å². The van der Waals surface area contributed by atoms with Crippen LogP contribution >= 0.6 is 0 Å². The molecule has 0 unspecified atom stereocenters. The Morgan fingerprint density at radius 2 is 1.89 bits per heavy atom. The molecule has 10 heteroatoms. The second-order valence-corrected chi connectivity index (χ2v) is 11.4. The van der Waals surface area contributed by atoms with Gasteiger partial charge in [-0.1, -0.05) is 38.1 Å². The van der Waals surface area contributed by atoms with Crippen molar-refractivity contribution in [2.24, 2.45) is 5.41 Å². The molecule has 1 aliphatic heterocycles. The number of ether oxygens (including phenoxy) is 2. The summed E-state index contributed by atoms with van der Waals surface area (Å²) in [5, 5.41) is 18.9. The molecular formula is C34H28F2N4O4. The summed E-state index contributed by atoms with van der Waals surface area (Å²) in [6, 6.07) is 20.7. The molecule has 0 saturated carbocycles. The minimum absolute atomic E-state index is 0.0262. The smallest absolute Gasteiger partial charge is 0.335 e. The Hall–Kier alpha value is -5.14. The van der Waals surface area contributed by atoms with Crippen molar-refractivity contribution in [1.29, 1.82) is 5.26 Å². The van der Waals surface area contributed by atoms with Crippen molar-refractivity contribution >= 4 is 17.0 Å². The molecule has 3 heterocycles. The number of aromatic nitrogens is 3. The van der Waals surface area contributed by atoms with Crippen molar-refractivity contribution in [1.82, 2.24) is 14.5 Å². The zero-order valence-electron chi connectivity index (χ0n) is 24.1. The Kier molecular flexibility index (Phi) is 7.57. The van der Waals surface area contributed by atoms with E-state index < -0.39 is 17.6 Å². The van der Waals surface area contributed by atoms with Crippen LogP contribution in [0.5, 0.6) is 5.88 Å². The number of hydrogen-bond donors (Lipinski definition) is 1. The Labute approximate surface area is 252 Å². The van der Waals surface area contributed by atoms with Gasteiger partial charge in [0, 0.05) is 29.0 Å². The van der Waals surface area contributed by atoms with Gasteiger partial charge in [-0.25, -0.2) is 23.5 Å². The third kappa shape index (κ3) is 5.50. The second-order valence-electron chi connectivity index (χ2n) is 11.4. The van der Waals surface area contributed by atoms with E-state index in [9.17, 15) is 15.2 Å². The molecule has 1 atom stereocenters. The number of benzene rings is 3. The maximum Gasteiger partial charge on any atom is 0.335 e. The molecule has 0 radical (unpaired) electrons. The molecule has 8 nitrogen and oxygen atoms in total. The topological polar surface area (TPSA) is 110 Å². The molecule has 222 valence electrons. The lowest BCUT2D eigenvalue weighted by Crippen LogP contribution is -2.27. The SMILES string of the molecule is CC1(C)COC[C@H]1n1c(Cc2cc(F)c(-c3cccc(OCc4ccccc4C#N)n3)cc2F)nc2ccc(C(=O)O)cc21. The summed E-state index contributed by atoms with van der Waals surface area (Å²) in [5.41, 5.74) is 2.38. The van der Waals surface area contributed by atoms with Crippen molar-refractivity contribution in [3.8, 4) is 23.2 Å². The number of rotatable bonds is 8. The standard InChI is InChI=1S/C34H28F2N4O4/c1-34(2)19-43-18-30(34)40-29-13-20(33(41)42)10-11-28(29)38-31(40)14-23-12-26(36)24(15-25(23)35)27-8-5-9-32(39-27)44-17-22-7-4-3-6-21(22)16-37/h3-13,15,30H,14,17-19H2,1-2H3,(H,41,42)/t30-/m1/s1. The maximum absolute atomic E-state index is 15.6. The molecular weight excluding hydrogens is 566 g/mol. The monoisotopic (exact) mass is 594 g/mol. The Morgan fingerprint density at radius 3 is 2.64 bits per heavy atom. The van der Waals surface area contributed by atoms with E-state index in [0.29, 0.717) is 41.2 Å². The highest BCUT2D eigenvalue weighted by Crippen LogP contribution is 2.40. The van der Waals surface area contributed by atoms with Crippen molar-refractivity contribution in [2.75, 3.05) is 13.2 Å². The maximum atomic E-state index is 15.6. The van der Waals surface area contributed by atoms with E-state index in [1.165, 1.54) is 6.07 Å². The minimum Gasteiger partial charge on any atom is -0.478 e. The lowest BCUT2D eigenvalue weighted by atomic mass is 9.87. The van der Waals surface area contributed by atoms with Gasteiger partial charge >= 0.3 is 5.97 Å². The molecule has 1 fully saturated rings. The largest absolute Gasteiger partial charge is 0.478 e. The van der Waals surface area contributed by atoms with Crippen molar-refractivity contribution < 1.29 is 28.2 Å². The number of aromatic carboxylic acids is 1. The van der Waals surface area contributed by atoms with Crippen molar-refractivity contribution in [3.63, 3.8) is 0 Å². The van der Waals surface area contributed by atoms with Crippen molar-refractivity contribution in [2.45, 2.75) is 32.9 Å². The zero-order chi connectivity index (χ0) is 31.0.